The number of aliphatic carboxylic acids is 2. The van der Waals surface area contributed by atoms with Gasteiger partial charge in [-0.3, -0.25) is 4.79 Å². The fourth-order valence-corrected chi connectivity index (χ4v) is 11.4. The number of unbranched alkanes of at least 4 members (excludes halogenated alkanes) is 7. The molecule has 3 aromatic carbocycles. The summed E-state index contributed by atoms with van der Waals surface area (Å²) in [6, 6.07) is 41.0. The monoisotopic (exact) mass is 985 g/mol. The zero-order valence-corrected chi connectivity index (χ0v) is 41.7. The third kappa shape index (κ3) is 14.0. The van der Waals surface area contributed by atoms with Crippen molar-refractivity contribution < 1.29 is 24.5 Å². The van der Waals surface area contributed by atoms with Gasteiger partial charge in [0.2, 0.25) is 0 Å². The summed E-state index contributed by atoms with van der Waals surface area (Å²) in [7, 11) is 0. The van der Waals surface area contributed by atoms with Crippen LogP contribution in [0.1, 0.15) is 94.5 Å². The number of rotatable bonds is 23. The fraction of sp³-hybridized carbons (Fsp3) is 0.193. The van der Waals surface area contributed by atoms with Crippen LogP contribution in [0, 0.1) is 24.8 Å². The molecular formula is C57H51N3O5S4. The Morgan fingerprint density at radius 2 is 1.10 bits per heavy atom. The second-order valence-corrected chi connectivity index (χ2v) is 20.6. The van der Waals surface area contributed by atoms with Crippen molar-refractivity contribution in [2.24, 2.45) is 0 Å². The molecule has 0 bridgehead atoms. The lowest BCUT2D eigenvalue weighted by atomic mass is 10.1. The maximum Gasteiger partial charge on any atom is 0.346 e. The third-order valence-corrected chi connectivity index (χ3v) is 15.7. The fourth-order valence-electron chi connectivity index (χ4n) is 7.48. The second-order valence-electron chi connectivity index (χ2n) is 16.2. The summed E-state index contributed by atoms with van der Waals surface area (Å²) in [5.41, 5.74) is 5.70. The lowest BCUT2D eigenvalue weighted by Crippen LogP contribution is -2.11. The lowest BCUT2D eigenvalue weighted by Gasteiger charge is -2.27. The highest BCUT2D eigenvalue weighted by Crippen LogP contribution is 2.40. The molecule has 348 valence electrons. The van der Waals surface area contributed by atoms with Gasteiger partial charge >= 0.3 is 11.9 Å². The minimum absolute atomic E-state index is 0.289. The molecule has 0 aliphatic carbocycles. The average Bonchev–Trinajstić information content (AvgIpc) is 4.21. The van der Waals surface area contributed by atoms with Crippen LogP contribution in [0.25, 0.3) is 60.8 Å². The van der Waals surface area contributed by atoms with E-state index >= 15 is 0 Å². The number of carbonyl (C=O) groups is 2. The number of carboxylic acids is 2. The van der Waals surface area contributed by atoms with E-state index in [9.17, 15) is 19.8 Å². The van der Waals surface area contributed by atoms with Gasteiger partial charge in [-0.15, -0.1) is 45.3 Å². The Labute approximate surface area is 420 Å². The van der Waals surface area contributed by atoms with Crippen molar-refractivity contribution in [2.75, 3.05) is 11.5 Å². The first-order valence-corrected chi connectivity index (χ1v) is 26.0. The number of ether oxygens (including phenoxy) is 1. The van der Waals surface area contributed by atoms with E-state index in [1.54, 1.807) is 28.7 Å². The van der Waals surface area contributed by atoms with Gasteiger partial charge in [-0.1, -0.05) is 88.3 Å². The van der Waals surface area contributed by atoms with E-state index in [-0.39, 0.29) is 11.3 Å². The van der Waals surface area contributed by atoms with Crippen LogP contribution in [0.5, 0.6) is 5.75 Å². The number of hydrogen-bond donors (Lipinski definition) is 2. The van der Waals surface area contributed by atoms with Gasteiger partial charge in [-0.05, 0) is 145 Å². The molecule has 8 nitrogen and oxygen atoms in total. The first-order chi connectivity index (χ1) is 33.6. The normalized spacial score (nSPS) is 11.8. The van der Waals surface area contributed by atoms with Crippen molar-refractivity contribution in [2.45, 2.75) is 65.2 Å². The number of carboxylic acid groups (broad SMARTS) is 2. The number of aryl methyl sites for hydroxylation is 1. The molecule has 2 N–H and O–H groups in total. The minimum Gasteiger partial charge on any atom is -0.494 e. The van der Waals surface area contributed by atoms with Gasteiger partial charge in [0.05, 0.1) is 13.2 Å². The third-order valence-electron chi connectivity index (χ3n) is 11.1. The van der Waals surface area contributed by atoms with Crippen molar-refractivity contribution in [3.8, 4) is 31.3 Å². The molecule has 0 saturated carbocycles. The first-order valence-electron chi connectivity index (χ1n) is 22.8. The Morgan fingerprint density at radius 3 is 1.57 bits per heavy atom. The summed E-state index contributed by atoms with van der Waals surface area (Å²) in [6.07, 6.45) is 21.3. The molecule has 4 heterocycles. The maximum atomic E-state index is 11.3. The van der Waals surface area contributed by atoms with Crippen LogP contribution in [0.15, 0.2) is 127 Å². The molecule has 7 aromatic rings. The van der Waals surface area contributed by atoms with Gasteiger partial charge < -0.3 is 19.8 Å². The minimum atomic E-state index is -1.23. The predicted molar refractivity (Wildman–Crippen MR) is 291 cm³/mol. The molecule has 0 aliphatic heterocycles. The summed E-state index contributed by atoms with van der Waals surface area (Å²) < 4.78 is 6.25. The summed E-state index contributed by atoms with van der Waals surface area (Å²) in [5.74, 6) is -1.59. The number of nitriles is 1. The van der Waals surface area contributed by atoms with Crippen LogP contribution in [0.3, 0.4) is 0 Å². The van der Waals surface area contributed by atoms with Gasteiger partial charge in [-0.25, -0.2) is 9.64 Å². The van der Waals surface area contributed by atoms with Crippen molar-refractivity contribution in [3.05, 3.63) is 174 Å². The number of hydrogen-bond acceptors (Lipinski definition) is 9. The van der Waals surface area contributed by atoms with E-state index in [0.29, 0.717) is 11.5 Å². The Bertz CT molecular complexity index is 2900. The molecule has 0 spiro atoms. The van der Waals surface area contributed by atoms with E-state index < -0.39 is 11.9 Å². The van der Waals surface area contributed by atoms with Gasteiger partial charge in [0.25, 0.3) is 5.70 Å². The Hall–Kier alpha value is -7.06. The molecule has 69 heavy (non-hydrogen) atoms. The molecule has 0 radical (unpaired) electrons. The Kier molecular flexibility index (Phi) is 17.9. The molecule has 0 saturated heterocycles. The van der Waals surface area contributed by atoms with Gasteiger partial charge in [0, 0.05) is 56.1 Å². The van der Waals surface area contributed by atoms with Gasteiger partial charge in [0.15, 0.2) is 0 Å². The largest absolute Gasteiger partial charge is 0.494 e. The van der Waals surface area contributed by atoms with Gasteiger partial charge in [-0.2, -0.15) is 5.26 Å². The van der Waals surface area contributed by atoms with Crippen LogP contribution in [0.2, 0.25) is 0 Å². The standard InChI is InChI=1S/C57H51N3O5S4/c1-4-5-6-7-8-9-10-11-34-65-45-22-29-51(39(2)35-45)60(43-18-12-40(13-19-43)16-23-46-25-30-52(66-46)54-32-27-48(68-54)36-42(38-58)56(61)62)44-20-14-41(15-21-44)17-24-47-26-31-53(67-47)55-33-28-49(69-55)37-50(59-3)57(63)64/h12-33,35-37H,4-11,34H2,1-2H3,(H,61,62)(H,63,64). The number of thiophene rings is 4. The maximum absolute atomic E-state index is 11.3. The van der Waals surface area contributed by atoms with Crippen molar-refractivity contribution in [1.82, 2.24) is 0 Å². The molecule has 0 fully saturated rings. The van der Waals surface area contributed by atoms with Crippen LogP contribution in [-0.4, -0.2) is 28.8 Å². The summed E-state index contributed by atoms with van der Waals surface area (Å²) in [4.78, 5) is 35.8. The van der Waals surface area contributed by atoms with E-state index in [1.807, 2.05) is 24.3 Å². The van der Waals surface area contributed by atoms with Crippen LogP contribution >= 0.6 is 45.3 Å². The zero-order valence-electron chi connectivity index (χ0n) is 38.4. The van der Waals surface area contributed by atoms with Crippen LogP contribution in [0.4, 0.5) is 17.1 Å². The van der Waals surface area contributed by atoms with Gasteiger partial charge in [0.1, 0.15) is 17.4 Å². The van der Waals surface area contributed by atoms with E-state index in [0.717, 1.165) is 80.1 Å². The Morgan fingerprint density at radius 1 is 0.623 bits per heavy atom. The zero-order chi connectivity index (χ0) is 48.5. The highest BCUT2D eigenvalue weighted by Gasteiger charge is 2.16. The van der Waals surface area contributed by atoms with Crippen molar-refractivity contribution >= 4 is 111 Å². The number of benzene rings is 3. The molecular weight excluding hydrogens is 935 g/mol. The highest BCUT2D eigenvalue weighted by molar-refractivity contribution is 7.23. The number of anilines is 3. The van der Waals surface area contributed by atoms with E-state index in [4.69, 9.17) is 16.6 Å². The average molecular weight is 986 g/mol. The summed E-state index contributed by atoms with van der Waals surface area (Å²) in [6.45, 7) is 12.2. The molecule has 12 heteroatoms. The Balaban J connectivity index is 1.06. The summed E-state index contributed by atoms with van der Waals surface area (Å²) >= 11 is 6.21. The molecule has 0 unspecified atom stereocenters. The van der Waals surface area contributed by atoms with E-state index in [2.05, 4.69) is 139 Å². The molecule has 0 aliphatic rings. The van der Waals surface area contributed by atoms with Crippen molar-refractivity contribution in [3.63, 3.8) is 0 Å². The SMILES string of the molecule is [C-]#[N+]C(=Cc1ccc(-c2ccc(C=Cc3ccc(N(c4ccc(C=Cc5ccc(-c6ccc(C=C(C#N)C(=O)O)s6)s5)cc4)c4ccc(OCCCCCCCCCC)cc4C)cc3)s2)s1)C(=O)O. The quantitative estimate of drug-likeness (QED) is 0.0284. The second kappa shape index (κ2) is 24.8. The highest BCUT2D eigenvalue weighted by atomic mass is 32.1. The van der Waals surface area contributed by atoms with E-state index in [1.165, 1.54) is 79.8 Å². The molecule has 7 rings (SSSR count). The summed E-state index contributed by atoms with van der Waals surface area (Å²) in [5, 5.41) is 27.6. The molecule has 4 aromatic heterocycles. The van der Waals surface area contributed by atoms with Crippen LogP contribution < -0.4 is 9.64 Å². The predicted octanol–water partition coefficient (Wildman–Crippen LogP) is 17.2. The van der Waals surface area contributed by atoms with Crippen molar-refractivity contribution in [1.29, 1.82) is 5.26 Å². The molecule has 0 atom stereocenters. The number of nitrogens with zero attached hydrogens (tertiary/aromatic N) is 3. The molecule has 0 amide bonds. The lowest BCUT2D eigenvalue weighted by molar-refractivity contribution is -0.133. The first kappa shape index (κ1) is 49.8. The topological polar surface area (TPSA) is 115 Å². The smallest absolute Gasteiger partial charge is 0.346 e. The van der Waals surface area contributed by atoms with Crippen LogP contribution in [-0.2, 0) is 9.59 Å².